The first-order valence-corrected chi connectivity index (χ1v) is 9.26. The third-order valence-electron chi connectivity index (χ3n) is 3.34. The molecule has 0 aromatic carbocycles. The molecule has 0 aliphatic heterocycles. The number of nitrogens with zero attached hydrogens (tertiary/aromatic N) is 2. The van der Waals surface area contributed by atoms with Crippen molar-refractivity contribution in [2.45, 2.75) is 39.8 Å². The number of hydrogen-bond acceptors (Lipinski definition) is 4. The molecule has 0 saturated heterocycles. The molecule has 138 valence electrons. The SMILES string of the molecule is CCCOc1ccc(CN=C(NCC)NC(C)c2cccs2)cn1.I. The zero-order valence-corrected chi connectivity index (χ0v) is 18.1. The lowest BCUT2D eigenvalue weighted by Crippen LogP contribution is -2.38. The number of rotatable bonds is 8. The van der Waals surface area contributed by atoms with E-state index in [1.165, 1.54) is 4.88 Å². The van der Waals surface area contributed by atoms with Gasteiger partial charge in [-0.15, -0.1) is 35.3 Å². The number of hydrogen-bond donors (Lipinski definition) is 2. The fourth-order valence-corrected chi connectivity index (χ4v) is 2.84. The molecule has 2 heterocycles. The summed E-state index contributed by atoms with van der Waals surface area (Å²) in [4.78, 5) is 10.2. The summed E-state index contributed by atoms with van der Waals surface area (Å²) in [7, 11) is 0. The first-order chi connectivity index (χ1) is 11.7. The van der Waals surface area contributed by atoms with E-state index < -0.39 is 0 Å². The second-order valence-electron chi connectivity index (χ2n) is 5.43. The number of thiophene rings is 1. The highest BCUT2D eigenvalue weighted by atomic mass is 127. The van der Waals surface area contributed by atoms with Crippen LogP contribution in [0.3, 0.4) is 0 Å². The molecule has 2 rings (SSSR count). The smallest absolute Gasteiger partial charge is 0.213 e. The number of ether oxygens (including phenoxy) is 1. The van der Waals surface area contributed by atoms with Gasteiger partial charge in [0.1, 0.15) is 0 Å². The first kappa shape index (κ1) is 21.7. The van der Waals surface area contributed by atoms with Crippen LogP contribution in [-0.4, -0.2) is 24.1 Å². The molecule has 1 unspecified atom stereocenters. The van der Waals surface area contributed by atoms with Gasteiger partial charge >= 0.3 is 0 Å². The Hall–Kier alpha value is -1.35. The Morgan fingerprint density at radius 3 is 2.76 bits per heavy atom. The lowest BCUT2D eigenvalue weighted by molar-refractivity contribution is 0.305. The maximum atomic E-state index is 5.50. The molecule has 2 N–H and O–H groups in total. The molecular weight excluding hydrogens is 447 g/mol. The van der Waals surface area contributed by atoms with E-state index in [0.29, 0.717) is 19.0 Å². The maximum absolute atomic E-state index is 5.50. The van der Waals surface area contributed by atoms with Crippen LogP contribution >= 0.6 is 35.3 Å². The van der Waals surface area contributed by atoms with Crippen LogP contribution in [0, 0.1) is 0 Å². The van der Waals surface area contributed by atoms with Crippen molar-refractivity contribution in [2.24, 2.45) is 4.99 Å². The Bertz CT molecular complexity index is 617. The topological polar surface area (TPSA) is 58.5 Å². The maximum Gasteiger partial charge on any atom is 0.213 e. The molecule has 0 fully saturated rings. The van der Waals surface area contributed by atoms with Crippen LogP contribution in [0.15, 0.2) is 40.8 Å². The fraction of sp³-hybridized carbons (Fsp3) is 0.444. The average Bonchev–Trinajstić information content (AvgIpc) is 3.13. The number of guanidine groups is 1. The van der Waals surface area contributed by atoms with E-state index in [0.717, 1.165) is 24.5 Å². The Balaban J connectivity index is 0.00000312. The normalized spacial score (nSPS) is 12.2. The first-order valence-electron chi connectivity index (χ1n) is 8.38. The quantitative estimate of drug-likeness (QED) is 0.339. The van der Waals surface area contributed by atoms with Gasteiger partial charge in [-0.25, -0.2) is 9.98 Å². The molecule has 1 atom stereocenters. The Morgan fingerprint density at radius 2 is 2.16 bits per heavy atom. The van der Waals surface area contributed by atoms with Crippen molar-refractivity contribution in [1.82, 2.24) is 15.6 Å². The molecule has 0 spiro atoms. The summed E-state index contributed by atoms with van der Waals surface area (Å²) in [5.41, 5.74) is 1.06. The number of pyridine rings is 1. The molecule has 2 aromatic heterocycles. The second kappa shape index (κ2) is 12.1. The van der Waals surface area contributed by atoms with Gasteiger partial charge in [0.2, 0.25) is 5.88 Å². The van der Waals surface area contributed by atoms with Gasteiger partial charge in [-0.1, -0.05) is 19.1 Å². The molecule has 25 heavy (non-hydrogen) atoms. The van der Waals surface area contributed by atoms with Gasteiger partial charge in [0.15, 0.2) is 5.96 Å². The van der Waals surface area contributed by atoms with Gasteiger partial charge < -0.3 is 15.4 Å². The number of nitrogens with one attached hydrogen (secondary N) is 2. The summed E-state index contributed by atoms with van der Waals surface area (Å²) >= 11 is 1.74. The predicted molar refractivity (Wildman–Crippen MR) is 116 cm³/mol. The van der Waals surface area contributed by atoms with E-state index in [2.05, 4.69) is 58.9 Å². The average molecular weight is 474 g/mol. The summed E-state index contributed by atoms with van der Waals surface area (Å²) in [6.45, 7) is 8.38. The van der Waals surface area contributed by atoms with Crippen molar-refractivity contribution in [2.75, 3.05) is 13.2 Å². The van der Waals surface area contributed by atoms with Crippen molar-refractivity contribution in [1.29, 1.82) is 0 Å². The van der Waals surface area contributed by atoms with E-state index >= 15 is 0 Å². The summed E-state index contributed by atoms with van der Waals surface area (Å²) in [6.07, 6.45) is 2.80. The second-order valence-corrected chi connectivity index (χ2v) is 6.41. The highest BCUT2D eigenvalue weighted by Crippen LogP contribution is 2.17. The monoisotopic (exact) mass is 474 g/mol. The van der Waals surface area contributed by atoms with Gasteiger partial charge in [0.05, 0.1) is 19.2 Å². The van der Waals surface area contributed by atoms with Crippen molar-refractivity contribution < 1.29 is 4.74 Å². The fourth-order valence-electron chi connectivity index (χ4n) is 2.10. The van der Waals surface area contributed by atoms with Crippen LogP contribution in [0.4, 0.5) is 0 Å². The molecule has 0 radical (unpaired) electrons. The van der Waals surface area contributed by atoms with Crippen LogP contribution in [0.25, 0.3) is 0 Å². The van der Waals surface area contributed by atoms with E-state index in [4.69, 9.17) is 4.74 Å². The largest absolute Gasteiger partial charge is 0.478 e. The minimum atomic E-state index is 0. The van der Waals surface area contributed by atoms with E-state index in [1.54, 1.807) is 11.3 Å². The molecule has 7 heteroatoms. The molecule has 2 aromatic rings. The Morgan fingerprint density at radius 1 is 1.32 bits per heavy atom. The van der Waals surface area contributed by atoms with E-state index in [1.807, 2.05) is 18.3 Å². The third kappa shape index (κ3) is 7.60. The number of halogens is 1. The van der Waals surface area contributed by atoms with E-state index in [9.17, 15) is 0 Å². The highest BCUT2D eigenvalue weighted by Gasteiger charge is 2.08. The van der Waals surface area contributed by atoms with Crippen molar-refractivity contribution in [3.8, 4) is 5.88 Å². The molecule has 0 bridgehead atoms. The summed E-state index contributed by atoms with van der Waals surface area (Å²) in [6, 6.07) is 8.33. The van der Waals surface area contributed by atoms with Gasteiger partial charge in [-0.05, 0) is 37.3 Å². The van der Waals surface area contributed by atoms with Crippen LogP contribution in [-0.2, 0) is 6.54 Å². The molecule has 0 aliphatic rings. The lowest BCUT2D eigenvalue weighted by Gasteiger charge is -2.16. The summed E-state index contributed by atoms with van der Waals surface area (Å²) in [5, 5.41) is 8.81. The summed E-state index contributed by atoms with van der Waals surface area (Å²) in [5.74, 6) is 1.48. The number of aliphatic imine (C=N–C) groups is 1. The van der Waals surface area contributed by atoms with Crippen LogP contribution < -0.4 is 15.4 Å². The van der Waals surface area contributed by atoms with Crippen LogP contribution in [0.1, 0.15) is 43.7 Å². The summed E-state index contributed by atoms with van der Waals surface area (Å²) < 4.78 is 5.50. The van der Waals surface area contributed by atoms with Gasteiger partial charge in [-0.3, -0.25) is 0 Å². The molecule has 0 aliphatic carbocycles. The van der Waals surface area contributed by atoms with Gasteiger partial charge in [0, 0.05) is 23.7 Å². The van der Waals surface area contributed by atoms with Gasteiger partial charge in [-0.2, -0.15) is 0 Å². The Kier molecular flexibility index (Phi) is 10.5. The van der Waals surface area contributed by atoms with Crippen molar-refractivity contribution >= 4 is 41.3 Å². The molecule has 0 saturated carbocycles. The number of aromatic nitrogens is 1. The molecule has 0 amide bonds. The molecule has 5 nitrogen and oxygen atoms in total. The van der Waals surface area contributed by atoms with Gasteiger partial charge in [0.25, 0.3) is 0 Å². The van der Waals surface area contributed by atoms with Crippen molar-refractivity contribution in [3.05, 3.63) is 46.3 Å². The zero-order chi connectivity index (χ0) is 17.2. The van der Waals surface area contributed by atoms with Crippen molar-refractivity contribution in [3.63, 3.8) is 0 Å². The van der Waals surface area contributed by atoms with Crippen LogP contribution in [0.5, 0.6) is 5.88 Å². The third-order valence-corrected chi connectivity index (χ3v) is 4.39. The standard InChI is InChI=1S/C18H26N4OS.HI/c1-4-10-23-17-9-8-15(12-20-17)13-21-18(19-5-2)22-14(3)16-7-6-11-24-16;/h6-9,11-12,14H,4-5,10,13H2,1-3H3,(H2,19,21,22);1H. The van der Waals surface area contributed by atoms with Crippen LogP contribution in [0.2, 0.25) is 0 Å². The van der Waals surface area contributed by atoms with E-state index in [-0.39, 0.29) is 30.0 Å². The minimum Gasteiger partial charge on any atom is -0.478 e. The molecular formula is C18H27IN4OS. The minimum absolute atomic E-state index is 0. The highest BCUT2D eigenvalue weighted by molar-refractivity contribution is 14.0. The predicted octanol–water partition coefficient (Wildman–Crippen LogP) is 4.37. The lowest BCUT2D eigenvalue weighted by atomic mass is 10.3. The zero-order valence-electron chi connectivity index (χ0n) is 15.0. The Labute approximate surface area is 171 Å².